The fourth-order valence-electron chi connectivity index (χ4n) is 7.11. The van der Waals surface area contributed by atoms with Crippen LogP contribution in [0, 0.1) is 27.7 Å². The number of H-pyrrole nitrogens is 4. The number of carbonyl (C=O) groups excluding carboxylic acids is 5. The normalized spacial score (nSPS) is 10.1. The lowest BCUT2D eigenvalue weighted by Gasteiger charge is -2.00. The van der Waals surface area contributed by atoms with Gasteiger partial charge < -0.3 is 39.3 Å². The largest absolute Gasteiger partial charge is 0.477 e. The van der Waals surface area contributed by atoms with E-state index in [-0.39, 0.29) is 28.7 Å². The van der Waals surface area contributed by atoms with E-state index in [9.17, 15) is 28.8 Å². The fourth-order valence-corrected chi connectivity index (χ4v) is 7.27. The van der Waals surface area contributed by atoms with E-state index in [2.05, 4.69) is 82.3 Å². The molecule has 0 atom stereocenters. The number of nitrogens with one attached hydrogen (secondary N) is 4. The first-order valence-corrected chi connectivity index (χ1v) is 25.7. The summed E-state index contributed by atoms with van der Waals surface area (Å²) in [4.78, 5) is 78.4. The molecule has 0 aliphatic carbocycles. The molecule has 0 amide bonds. The number of hydrogen-bond donors (Lipinski definition) is 5. The van der Waals surface area contributed by atoms with Crippen LogP contribution in [-0.4, -0.2) is 79.8 Å². The number of aromatic amines is 4. The highest BCUT2D eigenvalue weighted by Gasteiger charge is 2.15. The zero-order valence-electron chi connectivity index (χ0n) is 44.8. The number of carboxylic acid groups (broad SMARTS) is 1. The van der Waals surface area contributed by atoms with Crippen LogP contribution in [0.4, 0.5) is 0 Å². The van der Waals surface area contributed by atoms with E-state index < -0.39 is 11.9 Å². The van der Waals surface area contributed by atoms with E-state index in [1.807, 2.05) is 74.6 Å². The minimum atomic E-state index is -0.911. The SMILES string of the molecule is CCOC(=O)c1cc(C(=O)Cc2ccc(C)cc2)c[nH]1.CCOC(=O)c1cc(CCc2ccc(C)cc2)c[nH]1.CCOC(=O)c1ccc[nH]1.Cc1ccc(CC(=O)Cl)cc1.Cc1ccc(CCc2c[nH]c(C(=O)O)c2)cc1. The molecule has 4 aromatic carbocycles. The number of aromatic nitrogens is 4. The summed E-state index contributed by atoms with van der Waals surface area (Å²) in [5.41, 5.74) is 13.6. The van der Waals surface area contributed by atoms with Crippen LogP contribution in [0.15, 0.2) is 152 Å². The molecular formula is C62H69ClN4O10. The molecule has 5 N–H and O–H groups in total. The highest BCUT2D eigenvalue weighted by atomic mass is 35.5. The number of aryl methyl sites for hydroxylation is 8. The molecule has 0 aliphatic rings. The van der Waals surface area contributed by atoms with E-state index in [4.69, 9.17) is 30.9 Å². The summed E-state index contributed by atoms with van der Waals surface area (Å²) < 4.78 is 14.5. The van der Waals surface area contributed by atoms with Gasteiger partial charge in [0, 0.05) is 43.2 Å². The topological polar surface area (TPSA) is 213 Å². The number of Topliss-reactive ketones (excluding diaryl/α,β-unsaturated/α-hetero) is 1. The molecule has 14 nitrogen and oxygen atoms in total. The molecule has 0 unspecified atom stereocenters. The van der Waals surface area contributed by atoms with Crippen molar-refractivity contribution in [2.75, 3.05) is 19.8 Å². The average Bonchev–Trinajstić information content (AvgIpc) is 4.28. The minimum absolute atomic E-state index is 0.0272. The molecule has 15 heteroatoms. The molecule has 8 aromatic rings. The van der Waals surface area contributed by atoms with Gasteiger partial charge in [0.1, 0.15) is 22.8 Å². The third-order valence-electron chi connectivity index (χ3n) is 11.4. The third kappa shape index (κ3) is 22.9. The van der Waals surface area contributed by atoms with Gasteiger partial charge in [0.25, 0.3) is 0 Å². The molecule has 8 rings (SSSR count). The second kappa shape index (κ2) is 32.7. The van der Waals surface area contributed by atoms with E-state index in [1.165, 1.54) is 33.9 Å². The van der Waals surface area contributed by atoms with Gasteiger partial charge in [-0.2, -0.15) is 0 Å². The molecule has 0 saturated carbocycles. The second-order valence-electron chi connectivity index (χ2n) is 17.8. The minimum Gasteiger partial charge on any atom is -0.477 e. The summed E-state index contributed by atoms with van der Waals surface area (Å²) >= 11 is 5.21. The van der Waals surface area contributed by atoms with Gasteiger partial charge in [-0.25, -0.2) is 19.2 Å². The number of carboxylic acids is 1. The van der Waals surface area contributed by atoms with Crippen LogP contribution >= 0.6 is 11.6 Å². The van der Waals surface area contributed by atoms with Gasteiger partial charge in [-0.15, -0.1) is 0 Å². The Labute approximate surface area is 455 Å². The van der Waals surface area contributed by atoms with E-state index >= 15 is 0 Å². The van der Waals surface area contributed by atoms with Gasteiger partial charge in [0.15, 0.2) is 5.78 Å². The van der Waals surface area contributed by atoms with Crippen molar-refractivity contribution < 1.29 is 48.1 Å². The van der Waals surface area contributed by atoms with Crippen LogP contribution in [0.2, 0.25) is 0 Å². The van der Waals surface area contributed by atoms with Gasteiger partial charge in [-0.3, -0.25) is 9.59 Å². The van der Waals surface area contributed by atoms with Gasteiger partial charge in [-0.05, 0) is 149 Å². The summed E-state index contributed by atoms with van der Waals surface area (Å²) in [7, 11) is 0. The molecule has 0 fully saturated rings. The van der Waals surface area contributed by atoms with Crippen molar-refractivity contribution in [3.05, 3.63) is 236 Å². The maximum absolute atomic E-state index is 12.1. The number of hydrogen-bond acceptors (Lipinski definition) is 9. The average molecular weight is 1070 g/mol. The number of carbonyl (C=O) groups is 6. The third-order valence-corrected chi connectivity index (χ3v) is 11.5. The van der Waals surface area contributed by atoms with E-state index in [0.717, 1.165) is 53.5 Å². The van der Waals surface area contributed by atoms with Crippen molar-refractivity contribution in [2.45, 2.75) is 87.0 Å². The number of benzene rings is 4. The van der Waals surface area contributed by atoms with Crippen LogP contribution < -0.4 is 0 Å². The molecule has 0 aliphatic heterocycles. The number of ketones is 1. The number of esters is 3. The molecular weight excluding hydrogens is 996 g/mol. The van der Waals surface area contributed by atoms with Gasteiger partial charge in [-0.1, -0.05) is 119 Å². The quantitative estimate of drug-likeness (QED) is 0.0237. The zero-order chi connectivity index (χ0) is 56.1. The Bertz CT molecular complexity index is 3060. The van der Waals surface area contributed by atoms with Crippen LogP contribution in [-0.2, 0) is 57.5 Å². The molecule has 0 spiro atoms. The summed E-state index contributed by atoms with van der Waals surface area (Å²) in [5.74, 6) is -1.97. The van der Waals surface area contributed by atoms with Crippen molar-refractivity contribution in [1.82, 2.24) is 19.9 Å². The summed E-state index contributed by atoms with van der Waals surface area (Å²) in [6.45, 7) is 14.6. The molecule has 404 valence electrons. The van der Waals surface area contributed by atoms with Crippen LogP contribution in [0.5, 0.6) is 0 Å². The Morgan fingerprint density at radius 2 is 0.792 bits per heavy atom. The molecule has 77 heavy (non-hydrogen) atoms. The van der Waals surface area contributed by atoms with Crippen LogP contribution in [0.3, 0.4) is 0 Å². The fraction of sp³-hybridized carbons (Fsp3) is 0.258. The lowest BCUT2D eigenvalue weighted by Crippen LogP contribution is -2.05. The van der Waals surface area contributed by atoms with Crippen molar-refractivity contribution in [2.24, 2.45) is 0 Å². The number of ether oxygens (including phenoxy) is 3. The first-order valence-electron chi connectivity index (χ1n) is 25.3. The smallest absolute Gasteiger partial charge is 0.354 e. The lowest BCUT2D eigenvalue weighted by atomic mass is 10.0. The number of aromatic carboxylic acids is 1. The lowest BCUT2D eigenvalue weighted by molar-refractivity contribution is -0.111. The van der Waals surface area contributed by atoms with Gasteiger partial charge in [0.05, 0.1) is 19.8 Å². The molecule has 4 heterocycles. The Morgan fingerprint density at radius 3 is 1.18 bits per heavy atom. The zero-order valence-corrected chi connectivity index (χ0v) is 45.6. The van der Waals surface area contributed by atoms with Gasteiger partial charge in [0.2, 0.25) is 5.24 Å². The summed E-state index contributed by atoms with van der Waals surface area (Å²) in [6, 6.07) is 41.1. The summed E-state index contributed by atoms with van der Waals surface area (Å²) in [5, 5.41) is 8.47. The monoisotopic (exact) mass is 1060 g/mol. The highest BCUT2D eigenvalue weighted by Crippen LogP contribution is 2.14. The second-order valence-corrected chi connectivity index (χ2v) is 18.2. The molecule has 0 saturated heterocycles. The van der Waals surface area contributed by atoms with Crippen molar-refractivity contribution >= 4 is 46.5 Å². The standard InChI is InChI=1S/C16H17NO3.C16H19NO2.C14H15NO2.C9H9ClO.C7H9NO2/c1-3-20-16(19)14-9-13(10-17-14)15(18)8-12-6-4-11(2)5-7-12;1-3-19-16(18)15-10-14(11-17-15)9-8-13-6-4-12(2)5-7-13;1-10-2-4-11(5-3-10)6-7-12-8-13(14(16)17)15-9-12;1-7-2-4-8(5-3-7)6-9(10)11;1-2-10-7(9)6-4-3-5-8-6/h4-7,9-10,17H,3,8H2,1-2H3;4-7,10-11,17H,3,8-9H2,1-2H3;2-5,8-9,15H,6-7H2,1H3,(H,16,17);2-5H,6H2,1H3;3-5,8H,2H2,1H3. The van der Waals surface area contributed by atoms with E-state index in [1.54, 1.807) is 57.6 Å². The first kappa shape index (κ1) is 61.1. The Hall–Kier alpha value is -8.49. The van der Waals surface area contributed by atoms with E-state index in [0.29, 0.717) is 55.3 Å². The van der Waals surface area contributed by atoms with Crippen molar-refractivity contribution in [3.8, 4) is 0 Å². The summed E-state index contributed by atoms with van der Waals surface area (Å²) in [6.07, 6.45) is 11.2. The molecule has 0 bridgehead atoms. The van der Waals surface area contributed by atoms with Crippen LogP contribution in [0.25, 0.3) is 0 Å². The maximum atomic E-state index is 12.1. The van der Waals surface area contributed by atoms with Crippen molar-refractivity contribution in [1.29, 1.82) is 0 Å². The first-order chi connectivity index (χ1) is 37.0. The maximum Gasteiger partial charge on any atom is 0.354 e. The molecule has 0 radical (unpaired) electrons. The highest BCUT2D eigenvalue weighted by molar-refractivity contribution is 6.63. The number of halogens is 1. The van der Waals surface area contributed by atoms with Crippen LogP contribution in [0.1, 0.15) is 129 Å². The predicted molar refractivity (Wildman–Crippen MR) is 300 cm³/mol. The Kier molecular flexibility index (Phi) is 26.0. The van der Waals surface area contributed by atoms with Crippen molar-refractivity contribution in [3.63, 3.8) is 0 Å². The Morgan fingerprint density at radius 1 is 0.429 bits per heavy atom. The van der Waals surface area contributed by atoms with Gasteiger partial charge >= 0.3 is 23.9 Å². The number of rotatable bonds is 18. The Balaban J connectivity index is 0.000000213. The predicted octanol–water partition coefficient (Wildman–Crippen LogP) is 12.5. The molecule has 4 aromatic heterocycles.